The van der Waals surface area contributed by atoms with Crippen molar-refractivity contribution in [2.24, 2.45) is 5.92 Å². The standard InChI is InChI=1S/C15H27N3O/c1-17-10-7-12(8-11-17)14-6-3-9-18(14)15(19)16-13-4-2-5-13/h12-14H,2-11H2,1H3,(H,16,19)/t14-/m0/s1. The van der Waals surface area contributed by atoms with Gasteiger partial charge in [-0.2, -0.15) is 0 Å². The summed E-state index contributed by atoms with van der Waals surface area (Å²) in [6.07, 6.45) is 8.56. The second-order valence-corrected chi connectivity index (χ2v) is 6.62. The average molecular weight is 265 g/mol. The van der Waals surface area contributed by atoms with Crippen molar-refractivity contribution in [3.05, 3.63) is 0 Å². The van der Waals surface area contributed by atoms with E-state index < -0.39 is 0 Å². The van der Waals surface area contributed by atoms with E-state index in [0.29, 0.717) is 12.1 Å². The largest absolute Gasteiger partial charge is 0.335 e. The van der Waals surface area contributed by atoms with Crippen LogP contribution in [0.1, 0.15) is 44.9 Å². The molecule has 0 radical (unpaired) electrons. The zero-order chi connectivity index (χ0) is 13.2. The number of hydrogen-bond donors (Lipinski definition) is 1. The second-order valence-electron chi connectivity index (χ2n) is 6.62. The van der Waals surface area contributed by atoms with Crippen molar-refractivity contribution in [2.75, 3.05) is 26.7 Å². The van der Waals surface area contributed by atoms with Gasteiger partial charge in [-0.05, 0) is 71.0 Å². The quantitative estimate of drug-likeness (QED) is 0.829. The Balaban J connectivity index is 1.56. The summed E-state index contributed by atoms with van der Waals surface area (Å²) in [6, 6.07) is 1.19. The summed E-state index contributed by atoms with van der Waals surface area (Å²) in [5.41, 5.74) is 0. The van der Waals surface area contributed by atoms with Gasteiger partial charge in [0.1, 0.15) is 0 Å². The number of nitrogens with one attached hydrogen (secondary N) is 1. The Labute approximate surface area is 116 Å². The van der Waals surface area contributed by atoms with Crippen molar-refractivity contribution in [1.29, 1.82) is 0 Å². The summed E-state index contributed by atoms with van der Waals surface area (Å²) in [5.74, 6) is 0.728. The van der Waals surface area contributed by atoms with Gasteiger partial charge in [0.05, 0.1) is 0 Å². The third-order valence-corrected chi connectivity index (χ3v) is 5.30. The van der Waals surface area contributed by atoms with Crippen molar-refractivity contribution >= 4 is 6.03 Å². The Hall–Kier alpha value is -0.770. The summed E-state index contributed by atoms with van der Waals surface area (Å²) in [6.45, 7) is 3.36. The second kappa shape index (κ2) is 5.70. The minimum absolute atomic E-state index is 0.214. The molecule has 19 heavy (non-hydrogen) atoms. The minimum Gasteiger partial charge on any atom is -0.335 e. The number of rotatable bonds is 2. The van der Waals surface area contributed by atoms with Crippen molar-refractivity contribution in [3.8, 4) is 0 Å². The SMILES string of the molecule is CN1CCC([C@@H]2CCCN2C(=O)NC2CCC2)CC1. The Kier molecular flexibility index (Phi) is 3.96. The molecule has 1 aliphatic carbocycles. The maximum atomic E-state index is 12.4. The maximum absolute atomic E-state index is 12.4. The van der Waals surface area contributed by atoms with Crippen molar-refractivity contribution in [2.45, 2.75) is 57.0 Å². The van der Waals surface area contributed by atoms with Crippen LogP contribution in [0.4, 0.5) is 4.79 Å². The molecule has 1 N–H and O–H groups in total. The predicted molar refractivity (Wildman–Crippen MR) is 76.1 cm³/mol. The van der Waals surface area contributed by atoms with Gasteiger partial charge in [-0.1, -0.05) is 0 Å². The van der Waals surface area contributed by atoms with Gasteiger partial charge in [-0.3, -0.25) is 0 Å². The molecule has 108 valence electrons. The maximum Gasteiger partial charge on any atom is 0.317 e. The topological polar surface area (TPSA) is 35.6 Å². The molecule has 0 aromatic heterocycles. The number of nitrogens with zero attached hydrogens (tertiary/aromatic N) is 2. The molecule has 2 heterocycles. The average Bonchev–Trinajstić information content (AvgIpc) is 2.84. The summed E-state index contributed by atoms with van der Waals surface area (Å²) in [4.78, 5) is 16.9. The number of amides is 2. The van der Waals surface area contributed by atoms with E-state index in [1.165, 1.54) is 58.0 Å². The van der Waals surface area contributed by atoms with Crippen LogP contribution in [0.15, 0.2) is 0 Å². The number of carbonyl (C=O) groups excluding carboxylic acids is 1. The fraction of sp³-hybridized carbons (Fsp3) is 0.933. The number of carbonyl (C=O) groups is 1. The highest BCUT2D eigenvalue weighted by Gasteiger charge is 2.36. The van der Waals surface area contributed by atoms with Crippen LogP contribution < -0.4 is 5.32 Å². The van der Waals surface area contributed by atoms with Gasteiger partial charge in [-0.15, -0.1) is 0 Å². The first-order valence-corrected chi connectivity index (χ1v) is 8.00. The first-order chi connectivity index (χ1) is 9.24. The third-order valence-electron chi connectivity index (χ3n) is 5.30. The lowest BCUT2D eigenvalue weighted by Crippen LogP contribution is -2.51. The molecule has 0 aromatic carbocycles. The normalized spacial score (nSPS) is 30.4. The monoisotopic (exact) mass is 265 g/mol. The Morgan fingerprint density at radius 1 is 1.00 bits per heavy atom. The van der Waals surface area contributed by atoms with E-state index in [-0.39, 0.29) is 6.03 Å². The minimum atomic E-state index is 0.214. The highest BCUT2D eigenvalue weighted by molar-refractivity contribution is 5.75. The zero-order valence-electron chi connectivity index (χ0n) is 12.1. The zero-order valence-corrected chi connectivity index (χ0v) is 12.1. The number of hydrogen-bond acceptors (Lipinski definition) is 2. The molecule has 2 saturated heterocycles. The van der Waals surface area contributed by atoms with E-state index in [4.69, 9.17) is 0 Å². The molecule has 2 amide bonds. The molecule has 0 spiro atoms. The molecule has 1 atom stereocenters. The van der Waals surface area contributed by atoms with E-state index in [1.54, 1.807) is 0 Å². The molecule has 2 aliphatic heterocycles. The van der Waals surface area contributed by atoms with Gasteiger partial charge in [0.25, 0.3) is 0 Å². The van der Waals surface area contributed by atoms with Gasteiger partial charge in [-0.25, -0.2) is 4.79 Å². The highest BCUT2D eigenvalue weighted by Crippen LogP contribution is 2.31. The van der Waals surface area contributed by atoms with Gasteiger partial charge in [0, 0.05) is 18.6 Å². The predicted octanol–water partition coefficient (Wildman–Crippen LogP) is 2.05. The summed E-state index contributed by atoms with van der Waals surface area (Å²) < 4.78 is 0. The first-order valence-electron chi connectivity index (χ1n) is 8.00. The van der Waals surface area contributed by atoms with Gasteiger partial charge in [0.2, 0.25) is 0 Å². The molecule has 4 nitrogen and oxygen atoms in total. The Morgan fingerprint density at radius 3 is 2.37 bits per heavy atom. The number of urea groups is 1. The number of likely N-dealkylation sites (tertiary alicyclic amines) is 2. The van der Waals surface area contributed by atoms with E-state index in [2.05, 4.69) is 22.2 Å². The van der Waals surface area contributed by atoms with Crippen molar-refractivity contribution < 1.29 is 4.79 Å². The van der Waals surface area contributed by atoms with E-state index in [9.17, 15) is 4.79 Å². The molecule has 0 bridgehead atoms. The molecule has 0 unspecified atom stereocenters. The molecule has 3 rings (SSSR count). The van der Waals surface area contributed by atoms with Gasteiger partial charge >= 0.3 is 6.03 Å². The van der Waals surface area contributed by atoms with Crippen LogP contribution in [-0.4, -0.2) is 54.6 Å². The van der Waals surface area contributed by atoms with E-state index in [0.717, 1.165) is 12.5 Å². The Morgan fingerprint density at radius 2 is 1.74 bits per heavy atom. The molecular weight excluding hydrogens is 238 g/mol. The third kappa shape index (κ3) is 2.88. The first kappa shape index (κ1) is 13.2. The van der Waals surface area contributed by atoms with Crippen molar-refractivity contribution in [1.82, 2.24) is 15.1 Å². The lowest BCUT2D eigenvalue weighted by molar-refractivity contribution is 0.128. The highest BCUT2D eigenvalue weighted by atomic mass is 16.2. The molecule has 3 fully saturated rings. The molecule has 4 heteroatoms. The van der Waals surface area contributed by atoms with E-state index in [1.807, 2.05) is 0 Å². The number of piperidine rings is 1. The Bertz CT molecular complexity index is 321. The lowest BCUT2D eigenvalue weighted by Gasteiger charge is -2.38. The smallest absolute Gasteiger partial charge is 0.317 e. The van der Waals surface area contributed by atoms with Gasteiger partial charge in [0.15, 0.2) is 0 Å². The summed E-state index contributed by atoms with van der Waals surface area (Å²) in [7, 11) is 2.20. The van der Waals surface area contributed by atoms with Crippen molar-refractivity contribution in [3.63, 3.8) is 0 Å². The van der Waals surface area contributed by atoms with Gasteiger partial charge < -0.3 is 15.1 Å². The summed E-state index contributed by atoms with van der Waals surface area (Å²) in [5, 5.41) is 3.21. The molecule has 0 aromatic rings. The molecule has 3 aliphatic rings. The molecular formula is C15H27N3O. The van der Waals surface area contributed by atoms with Crippen LogP contribution in [0, 0.1) is 5.92 Å². The van der Waals surface area contributed by atoms with Crippen LogP contribution in [0.25, 0.3) is 0 Å². The van der Waals surface area contributed by atoms with Crippen LogP contribution in [0.2, 0.25) is 0 Å². The van der Waals surface area contributed by atoms with E-state index >= 15 is 0 Å². The van der Waals surface area contributed by atoms with Crippen LogP contribution >= 0.6 is 0 Å². The van der Waals surface area contributed by atoms with Crippen LogP contribution in [0.5, 0.6) is 0 Å². The fourth-order valence-corrected chi connectivity index (χ4v) is 3.76. The molecule has 1 saturated carbocycles. The van der Waals surface area contributed by atoms with Crippen LogP contribution in [-0.2, 0) is 0 Å². The lowest BCUT2D eigenvalue weighted by atomic mass is 9.88. The fourth-order valence-electron chi connectivity index (χ4n) is 3.76. The van der Waals surface area contributed by atoms with Crippen LogP contribution in [0.3, 0.4) is 0 Å². The summed E-state index contributed by atoms with van der Waals surface area (Å²) >= 11 is 0.